The number of amides is 1. The molecule has 98 valence electrons. The fraction of sp³-hybridized carbons (Fsp3) is 0.917. The Morgan fingerprint density at radius 2 is 1.82 bits per heavy atom. The fourth-order valence-electron chi connectivity index (χ4n) is 2.25. The van der Waals surface area contributed by atoms with Crippen molar-refractivity contribution in [1.29, 1.82) is 0 Å². The zero-order valence-electron chi connectivity index (χ0n) is 10.4. The lowest BCUT2D eigenvalue weighted by atomic mass is 10.3. The molecule has 5 heteroatoms. The molecule has 2 fully saturated rings. The zero-order chi connectivity index (χ0) is 12.1. The van der Waals surface area contributed by atoms with Gasteiger partial charge in [0.1, 0.15) is 0 Å². The Bertz CT molecular complexity index is 248. The number of nitrogens with zero attached hydrogens (tertiary/aromatic N) is 2. The van der Waals surface area contributed by atoms with Crippen LogP contribution in [-0.4, -0.2) is 73.2 Å². The summed E-state index contributed by atoms with van der Waals surface area (Å²) in [6.45, 7) is 6.25. The first-order chi connectivity index (χ1) is 8.28. The number of hydrogen-bond acceptors (Lipinski definition) is 4. The van der Waals surface area contributed by atoms with Crippen LogP contribution in [0.2, 0.25) is 0 Å². The second-order valence-electron chi connectivity index (χ2n) is 5.09. The first kappa shape index (κ1) is 12.8. The molecule has 0 aromatic rings. The first-order valence-corrected chi connectivity index (χ1v) is 6.60. The van der Waals surface area contributed by atoms with Crippen LogP contribution in [0.25, 0.3) is 0 Å². The van der Waals surface area contributed by atoms with Gasteiger partial charge in [0.15, 0.2) is 0 Å². The number of aliphatic hydroxyl groups is 1. The summed E-state index contributed by atoms with van der Waals surface area (Å²) in [6.07, 6.45) is 2.81. The van der Waals surface area contributed by atoms with Crippen molar-refractivity contribution in [3.63, 3.8) is 0 Å². The number of aliphatic hydroxyl groups excluding tert-OH is 1. The number of piperazine rings is 1. The van der Waals surface area contributed by atoms with Crippen molar-refractivity contribution in [2.45, 2.75) is 12.8 Å². The minimum absolute atomic E-state index is 0.0148. The van der Waals surface area contributed by atoms with E-state index in [0.29, 0.717) is 13.1 Å². The minimum Gasteiger partial charge on any atom is -0.395 e. The number of carbonyl (C=O) groups is 1. The molecule has 0 spiro atoms. The Labute approximate surface area is 103 Å². The predicted molar refractivity (Wildman–Crippen MR) is 65.7 cm³/mol. The zero-order valence-corrected chi connectivity index (χ0v) is 10.4. The van der Waals surface area contributed by atoms with E-state index in [-0.39, 0.29) is 12.5 Å². The molecule has 5 nitrogen and oxygen atoms in total. The van der Waals surface area contributed by atoms with Crippen molar-refractivity contribution >= 4 is 5.91 Å². The first-order valence-electron chi connectivity index (χ1n) is 6.60. The van der Waals surface area contributed by atoms with Gasteiger partial charge in [-0.2, -0.15) is 0 Å². The minimum atomic E-state index is 0.0148. The molecular weight excluding hydrogens is 218 g/mol. The third-order valence-corrected chi connectivity index (χ3v) is 3.48. The molecule has 1 heterocycles. The number of carbonyl (C=O) groups excluding carboxylic acids is 1. The molecule has 0 aromatic carbocycles. The highest BCUT2D eigenvalue weighted by Gasteiger charge is 2.26. The van der Waals surface area contributed by atoms with Crippen LogP contribution in [0.5, 0.6) is 0 Å². The third-order valence-electron chi connectivity index (χ3n) is 3.48. The summed E-state index contributed by atoms with van der Waals surface area (Å²) in [6, 6.07) is 0. The normalized spacial score (nSPS) is 22.6. The average Bonchev–Trinajstić information content (AvgIpc) is 3.13. The lowest BCUT2D eigenvalue weighted by Crippen LogP contribution is -2.50. The topological polar surface area (TPSA) is 55.8 Å². The standard InChI is InChI=1S/C12H23N3O2/c16-8-3-13-12(17)10-15-6-4-14(5-7-15)9-11-1-2-11/h11,16H,1-10H2,(H,13,17). The molecule has 0 unspecified atom stereocenters. The Morgan fingerprint density at radius 1 is 1.18 bits per heavy atom. The van der Waals surface area contributed by atoms with Crippen LogP contribution in [0.1, 0.15) is 12.8 Å². The summed E-state index contributed by atoms with van der Waals surface area (Å²) >= 11 is 0. The van der Waals surface area contributed by atoms with Gasteiger partial charge in [-0.1, -0.05) is 0 Å². The van der Waals surface area contributed by atoms with E-state index < -0.39 is 0 Å². The van der Waals surface area contributed by atoms with Crippen LogP contribution in [-0.2, 0) is 4.79 Å². The molecule has 1 amide bonds. The van der Waals surface area contributed by atoms with E-state index in [0.717, 1.165) is 32.1 Å². The van der Waals surface area contributed by atoms with E-state index >= 15 is 0 Å². The molecule has 17 heavy (non-hydrogen) atoms. The van der Waals surface area contributed by atoms with Crippen molar-refractivity contribution in [2.24, 2.45) is 5.92 Å². The van der Waals surface area contributed by atoms with Gasteiger partial charge in [0.05, 0.1) is 13.2 Å². The van der Waals surface area contributed by atoms with E-state index in [1.807, 2.05) is 0 Å². The van der Waals surface area contributed by atoms with E-state index in [4.69, 9.17) is 5.11 Å². The highest BCUT2D eigenvalue weighted by atomic mass is 16.3. The molecule has 2 aliphatic rings. The molecule has 1 aliphatic carbocycles. The van der Waals surface area contributed by atoms with Gasteiger partial charge in [0, 0.05) is 39.3 Å². The summed E-state index contributed by atoms with van der Waals surface area (Å²) in [5.74, 6) is 0.976. The van der Waals surface area contributed by atoms with Gasteiger partial charge >= 0.3 is 0 Å². The van der Waals surface area contributed by atoms with Gasteiger partial charge in [0.2, 0.25) is 5.91 Å². The van der Waals surface area contributed by atoms with Gasteiger partial charge in [-0.15, -0.1) is 0 Å². The molecule has 1 aliphatic heterocycles. The molecule has 0 radical (unpaired) electrons. The monoisotopic (exact) mass is 241 g/mol. The largest absolute Gasteiger partial charge is 0.395 e. The molecule has 2 rings (SSSR count). The van der Waals surface area contributed by atoms with Crippen molar-refractivity contribution in [3.05, 3.63) is 0 Å². The van der Waals surface area contributed by atoms with E-state index in [1.165, 1.54) is 19.4 Å². The highest BCUT2D eigenvalue weighted by Crippen LogP contribution is 2.29. The maximum absolute atomic E-state index is 11.5. The highest BCUT2D eigenvalue weighted by molar-refractivity contribution is 5.77. The Balaban J connectivity index is 1.59. The lowest BCUT2D eigenvalue weighted by Gasteiger charge is -2.34. The number of rotatable bonds is 6. The Kier molecular flexibility index (Phi) is 4.76. The van der Waals surface area contributed by atoms with Crippen molar-refractivity contribution in [2.75, 3.05) is 52.4 Å². The molecule has 0 aromatic heterocycles. The number of hydrogen-bond donors (Lipinski definition) is 2. The van der Waals surface area contributed by atoms with Gasteiger partial charge in [-0.3, -0.25) is 9.69 Å². The molecule has 1 saturated carbocycles. The maximum atomic E-state index is 11.5. The molecule has 0 bridgehead atoms. The van der Waals surface area contributed by atoms with Gasteiger partial charge in [0.25, 0.3) is 0 Å². The van der Waals surface area contributed by atoms with Crippen LogP contribution < -0.4 is 5.32 Å². The van der Waals surface area contributed by atoms with E-state index in [9.17, 15) is 4.79 Å². The average molecular weight is 241 g/mol. The third kappa shape index (κ3) is 4.61. The fourth-order valence-corrected chi connectivity index (χ4v) is 2.25. The molecule has 2 N–H and O–H groups in total. The van der Waals surface area contributed by atoms with Crippen LogP contribution in [0.15, 0.2) is 0 Å². The smallest absolute Gasteiger partial charge is 0.234 e. The van der Waals surface area contributed by atoms with Crippen molar-refractivity contribution < 1.29 is 9.90 Å². The number of nitrogens with one attached hydrogen (secondary N) is 1. The summed E-state index contributed by atoms with van der Waals surface area (Å²) < 4.78 is 0. The second kappa shape index (κ2) is 6.33. The summed E-state index contributed by atoms with van der Waals surface area (Å²) in [5.41, 5.74) is 0. The lowest BCUT2D eigenvalue weighted by molar-refractivity contribution is -0.122. The SMILES string of the molecule is O=C(CN1CCN(CC2CC2)CC1)NCCO. The Morgan fingerprint density at radius 3 is 2.41 bits per heavy atom. The second-order valence-corrected chi connectivity index (χ2v) is 5.09. The summed E-state index contributed by atoms with van der Waals surface area (Å²) in [7, 11) is 0. The van der Waals surface area contributed by atoms with E-state index in [2.05, 4.69) is 15.1 Å². The quantitative estimate of drug-likeness (QED) is 0.634. The van der Waals surface area contributed by atoms with Gasteiger partial charge in [-0.25, -0.2) is 0 Å². The predicted octanol–water partition coefficient (Wildman–Crippen LogP) is -0.877. The molecule has 0 atom stereocenters. The van der Waals surface area contributed by atoms with Crippen LogP contribution >= 0.6 is 0 Å². The summed E-state index contributed by atoms with van der Waals surface area (Å²) in [4.78, 5) is 16.2. The maximum Gasteiger partial charge on any atom is 0.234 e. The Hall–Kier alpha value is -0.650. The van der Waals surface area contributed by atoms with Crippen LogP contribution in [0.4, 0.5) is 0 Å². The van der Waals surface area contributed by atoms with Crippen molar-refractivity contribution in [1.82, 2.24) is 15.1 Å². The van der Waals surface area contributed by atoms with Crippen molar-refractivity contribution in [3.8, 4) is 0 Å². The van der Waals surface area contributed by atoms with Crippen LogP contribution in [0.3, 0.4) is 0 Å². The molecular formula is C12H23N3O2. The van der Waals surface area contributed by atoms with Gasteiger partial charge < -0.3 is 15.3 Å². The van der Waals surface area contributed by atoms with Gasteiger partial charge in [-0.05, 0) is 18.8 Å². The van der Waals surface area contributed by atoms with E-state index in [1.54, 1.807) is 0 Å². The van der Waals surface area contributed by atoms with Crippen LogP contribution in [0, 0.1) is 5.92 Å². The summed E-state index contributed by atoms with van der Waals surface area (Å²) in [5, 5.41) is 11.3. The molecule has 1 saturated heterocycles.